The van der Waals surface area contributed by atoms with Gasteiger partial charge in [0.15, 0.2) is 0 Å². The number of carbonyl (C=O) groups is 1. The first-order valence-electron chi connectivity index (χ1n) is 4.70. The lowest BCUT2D eigenvalue weighted by Gasteiger charge is -2.34. The first-order valence-corrected chi connectivity index (χ1v) is 4.70. The van der Waals surface area contributed by atoms with E-state index in [0.29, 0.717) is 6.42 Å². The van der Waals surface area contributed by atoms with Crippen LogP contribution in [0.3, 0.4) is 0 Å². The highest BCUT2D eigenvalue weighted by Crippen LogP contribution is 2.40. The lowest BCUT2D eigenvalue weighted by molar-refractivity contribution is -0.152. The van der Waals surface area contributed by atoms with Crippen LogP contribution < -0.4 is 0 Å². The van der Waals surface area contributed by atoms with Gasteiger partial charge in [-0.05, 0) is 12.3 Å². The van der Waals surface area contributed by atoms with Crippen LogP contribution >= 0.6 is 0 Å². The fourth-order valence-corrected chi connectivity index (χ4v) is 1.77. The van der Waals surface area contributed by atoms with Crippen LogP contribution in [0.1, 0.15) is 34.1 Å². The zero-order valence-electron chi connectivity index (χ0n) is 9.09. The van der Waals surface area contributed by atoms with Crippen molar-refractivity contribution in [2.24, 2.45) is 5.41 Å². The molecule has 2 atom stereocenters. The molecule has 0 aromatic heterocycles. The van der Waals surface area contributed by atoms with Gasteiger partial charge in [-0.15, -0.1) is 0 Å². The van der Waals surface area contributed by atoms with Crippen LogP contribution in [0.15, 0.2) is 0 Å². The summed E-state index contributed by atoms with van der Waals surface area (Å²) in [6.45, 7) is 7.66. The highest BCUT2D eigenvalue weighted by Gasteiger charge is 2.54. The van der Waals surface area contributed by atoms with Crippen molar-refractivity contribution >= 4 is 5.91 Å². The summed E-state index contributed by atoms with van der Waals surface area (Å²) in [7, 11) is 1.75. The number of aliphatic hydroxyl groups is 1. The zero-order valence-corrected chi connectivity index (χ0v) is 9.09. The number of likely N-dealkylation sites (tertiary alicyclic amines) is 1. The van der Waals surface area contributed by atoms with Crippen molar-refractivity contribution in [1.82, 2.24) is 4.90 Å². The second-order valence-electron chi connectivity index (χ2n) is 5.08. The van der Waals surface area contributed by atoms with Gasteiger partial charge in [0.25, 0.3) is 5.91 Å². The molecule has 1 heterocycles. The lowest BCUT2D eigenvalue weighted by atomic mass is 9.75. The summed E-state index contributed by atoms with van der Waals surface area (Å²) in [5.41, 5.74) is -1.57. The molecule has 1 saturated heterocycles. The molecule has 1 amide bonds. The van der Waals surface area contributed by atoms with Crippen LogP contribution in [-0.4, -0.2) is 34.6 Å². The van der Waals surface area contributed by atoms with E-state index in [1.165, 1.54) is 0 Å². The van der Waals surface area contributed by atoms with Crippen LogP contribution in [0.25, 0.3) is 0 Å². The third-order valence-electron chi connectivity index (χ3n) is 3.17. The SMILES string of the molecule is CC1C[C@@](O)(C(C)(C)C)C(=O)N1C. The molecule has 1 rings (SSSR count). The summed E-state index contributed by atoms with van der Waals surface area (Å²) in [5.74, 6) is -0.146. The lowest BCUT2D eigenvalue weighted by Crippen LogP contribution is -2.49. The van der Waals surface area contributed by atoms with Gasteiger partial charge in [0, 0.05) is 19.5 Å². The predicted octanol–water partition coefficient (Wildman–Crippen LogP) is 1.01. The summed E-state index contributed by atoms with van der Waals surface area (Å²) in [6.07, 6.45) is 0.534. The van der Waals surface area contributed by atoms with Gasteiger partial charge in [-0.25, -0.2) is 0 Å². The van der Waals surface area contributed by atoms with E-state index < -0.39 is 5.60 Å². The highest BCUT2D eigenvalue weighted by atomic mass is 16.3. The van der Waals surface area contributed by atoms with Crippen LogP contribution in [0, 0.1) is 5.41 Å². The number of nitrogens with zero attached hydrogens (tertiary/aromatic N) is 1. The van der Waals surface area contributed by atoms with E-state index in [9.17, 15) is 9.90 Å². The number of carbonyl (C=O) groups excluding carboxylic acids is 1. The number of hydrogen-bond acceptors (Lipinski definition) is 2. The molecule has 0 radical (unpaired) electrons. The summed E-state index contributed by atoms with van der Waals surface area (Å²) in [4.78, 5) is 13.4. The summed E-state index contributed by atoms with van der Waals surface area (Å²) < 4.78 is 0. The Morgan fingerprint density at radius 1 is 1.54 bits per heavy atom. The molecular weight excluding hydrogens is 166 g/mol. The Balaban J connectivity index is 3.02. The van der Waals surface area contributed by atoms with Crippen molar-refractivity contribution in [3.05, 3.63) is 0 Å². The summed E-state index contributed by atoms with van der Waals surface area (Å²) in [5, 5.41) is 10.2. The highest BCUT2D eigenvalue weighted by molar-refractivity contribution is 5.88. The number of amides is 1. The molecule has 0 bridgehead atoms. The van der Waals surface area contributed by atoms with E-state index in [2.05, 4.69) is 0 Å². The molecule has 76 valence electrons. The Bertz CT molecular complexity index is 232. The molecule has 1 fully saturated rings. The van der Waals surface area contributed by atoms with Crippen LogP contribution in [-0.2, 0) is 4.79 Å². The molecule has 0 saturated carbocycles. The molecule has 0 spiro atoms. The normalized spacial score (nSPS) is 35.7. The molecule has 1 N–H and O–H groups in total. The second kappa shape index (κ2) is 2.71. The molecular formula is C10H19NO2. The minimum absolute atomic E-state index is 0.136. The Labute approximate surface area is 79.7 Å². The van der Waals surface area contributed by atoms with Crippen LogP contribution in [0.4, 0.5) is 0 Å². The molecule has 13 heavy (non-hydrogen) atoms. The maximum Gasteiger partial charge on any atom is 0.255 e. The summed E-state index contributed by atoms with van der Waals surface area (Å²) in [6, 6.07) is 0.136. The standard InChI is InChI=1S/C10H19NO2/c1-7-6-10(13,9(2,3)4)8(12)11(7)5/h7,13H,6H2,1-5H3/t7?,10-/m0/s1. The van der Waals surface area contributed by atoms with E-state index >= 15 is 0 Å². The fourth-order valence-electron chi connectivity index (χ4n) is 1.77. The largest absolute Gasteiger partial charge is 0.379 e. The van der Waals surface area contributed by atoms with Gasteiger partial charge in [0.1, 0.15) is 5.60 Å². The van der Waals surface area contributed by atoms with Gasteiger partial charge >= 0.3 is 0 Å². The van der Waals surface area contributed by atoms with E-state index in [4.69, 9.17) is 0 Å². The van der Waals surface area contributed by atoms with Crippen molar-refractivity contribution < 1.29 is 9.90 Å². The average molecular weight is 185 g/mol. The van der Waals surface area contributed by atoms with Gasteiger partial charge in [0.05, 0.1) is 0 Å². The quantitative estimate of drug-likeness (QED) is 0.612. The van der Waals surface area contributed by atoms with E-state index in [-0.39, 0.29) is 17.4 Å². The molecule has 1 aliphatic heterocycles. The molecule has 1 unspecified atom stereocenters. The third kappa shape index (κ3) is 1.35. The van der Waals surface area contributed by atoms with Crippen molar-refractivity contribution in [1.29, 1.82) is 0 Å². The van der Waals surface area contributed by atoms with Crippen LogP contribution in [0.2, 0.25) is 0 Å². The average Bonchev–Trinajstić information content (AvgIpc) is 2.15. The maximum absolute atomic E-state index is 11.8. The topological polar surface area (TPSA) is 40.5 Å². The first kappa shape index (κ1) is 10.5. The van der Waals surface area contributed by atoms with Gasteiger partial charge < -0.3 is 10.0 Å². The first-order chi connectivity index (χ1) is 5.70. The molecule has 3 heteroatoms. The van der Waals surface area contributed by atoms with Crippen molar-refractivity contribution in [3.63, 3.8) is 0 Å². The molecule has 0 aromatic carbocycles. The zero-order chi connectivity index (χ0) is 10.4. The smallest absolute Gasteiger partial charge is 0.255 e. The Morgan fingerprint density at radius 2 is 2.00 bits per heavy atom. The third-order valence-corrected chi connectivity index (χ3v) is 3.17. The monoisotopic (exact) mass is 185 g/mol. The molecule has 0 aromatic rings. The van der Waals surface area contributed by atoms with E-state index in [1.807, 2.05) is 27.7 Å². The second-order valence-corrected chi connectivity index (χ2v) is 5.08. The minimum Gasteiger partial charge on any atom is -0.379 e. The number of likely N-dealkylation sites (N-methyl/N-ethyl adjacent to an activating group) is 1. The molecule has 3 nitrogen and oxygen atoms in total. The molecule has 0 aliphatic carbocycles. The minimum atomic E-state index is -1.18. The van der Waals surface area contributed by atoms with E-state index in [0.717, 1.165) is 0 Å². The van der Waals surface area contributed by atoms with Gasteiger partial charge in [-0.3, -0.25) is 4.79 Å². The molecule has 1 aliphatic rings. The van der Waals surface area contributed by atoms with Gasteiger partial charge in [0.2, 0.25) is 0 Å². The fraction of sp³-hybridized carbons (Fsp3) is 0.900. The van der Waals surface area contributed by atoms with Gasteiger partial charge in [-0.1, -0.05) is 20.8 Å². The van der Waals surface area contributed by atoms with Crippen molar-refractivity contribution in [3.8, 4) is 0 Å². The van der Waals surface area contributed by atoms with Crippen molar-refractivity contribution in [2.75, 3.05) is 7.05 Å². The Hall–Kier alpha value is -0.570. The number of hydrogen-bond donors (Lipinski definition) is 1. The van der Waals surface area contributed by atoms with E-state index in [1.54, 1.807) is 11.9 Å². The Kier molecular flexibility index (Phi) is 2.19. The number of rotatable bonds is 0. The van der Waals surface area contributed by atoms with Crippen molar-refractivity contribution in [2.45, 2.75) is 45.8 Å². The van der Waals surface area contributed by atoms with Crippen LogP contribution in [0.5, 0.6) is 0 Å². The summed E-state index contributed by atoms with van der Waals surface area (Å²) >= 11 is 0. The van der Waals surface area contributed by atoms with Gasteiger partial charge in [-0.2, -0.15) is 0 Å². The maximum atomic E-state index is 11.8. The Morgan fingerprint density at radius 3 is 2.15 bits per heavy atom. The predicted molar refractivity (Wildman–Crippen MR) is 51.3 cm³/mol.